The number of benzene rings is 1. The molecule has 0 spiro atoms. The van der Waals surface area contributed by atoms with Crippen LogP contribution in [0, 0.1) is 6.92 Å². The second kappa shape index (κ2) is 4.51. The topological polar surface area (TPSA) is 54.0 Å². The number of hydrogen-bond acceptors (Lipinski definition) is 4. The lowest BCUT2D eigenvalue weighted by Gasteiger charge is -2.04. The van der Waals surface area contributed by atoms with Crippen molar-refractivity contribution in [1.29, 1.82) is 0 Å². The molecule has 0 fully saturated rings. The lowest BCUT2D eigenvalue weighted by molar-refractivity contribution is 0.102. The summed E-state index contributed by atoms with van der Waals surface area (Å²) in [5, 5.41) is 6.78. The lowest BCUT2D eigenvalue weighted by Crippen LogP contribution is -2.13. The molecule has 1 aromatic carbocycles. The van der Waals surface area contributed by atoms with Crippen molar-refractivity contribution in [3.05, 3.63) is 46.0 Å². The molecule has 2 aromatic rings. The van der Waals surface area contributed by atoms with Crippen molar-refractivity contribution in [3.63, 3.8) is 0 Å². The summed E-state index contributed by atoms with van der Waals surface area (Å²) in [4.78, 5) is 17.7. The summed E-state index contributed by atoms with van der Waals surface area (Å²) >= 11 is 1.55. The fraction of sp³-hybridized carbons (Fsp3) is 0.231. The van der Waals surface area contributed by atoms with Crippen LogP contribution in [0.2, 0.25) is 0 Å². The summed E-state index contributed by atoms with van der Waals surface area (Å²) in [5.74, 6) is -0.0894. The molecule has 1 aliphatic heterocycles. The predicted molar refractivity (Wildman–Crippen MR) is 71.8 cm³/mol. The molecule has 0 radical (unpaired) electrons. The number of fused-ring (bicyclic) bond motifs is 1. The number of aromatic nitrogens is 1. The van der Waals surface area contributed by atoms with Gasteiger partial charge in [0.15, 0.2) is 5.13 Å². The maximum Gasteiger partial charge on any atom is 0.257 e. The molecule has 0 bridgehead atoms. The number of aryl methyl sites for hydroxylation is 1. The van der Waals surface area contributed by atoms with Crippen LogP contribution in [0.25, 0.3) is 0 Å². The summed E-state index contributed by atoms with van der Waals surface area (Å²) in [7, 11) is 0. The number of thiazole rings is 1. The number of rotatable bonds is 2. The highest BCUT2D eigenvalue weighted by molar-refractivity contribution is 7.15. The molecule has 92 valence electrons. The molecule has 0 saturated carbocycles. The Morgan fingerprint density at radius 3 is 3.00 bits per heavy atom. The molecule has 5 heteroatoms. The smallest absolute Gasteiger partial charge is 0.257 e. The largest absolute Gasteiger partial charge is 0.306 e. The van der Waals surface area contributed by atoms with Gasteiger partial charge in [-0.05, 0) is 18.6 Å². The van der Waals surface area contributed by atoms with E-state index in [-0.39, 0.29) is 5.91 Å². The van der Waals surface area contributed by atoms with E-state index in [4.69, 9.17) is 0 Å². The van der Waals surface area contributed by atoms with Gasteiger partial charge in [-0.15, -0.1) is 11.3 Å². The predicted octanol–water partition coefficient (Wildman–Crippen LogP) is 2.31. The number of anilines is 1. The molecule has 0 atom stereocenters. The van der Waals surface area contributed by atoms with Crippen molar-refractivity contribution in [2.24, 2.45) is 0 Å². The molecule has 1 amide bonds. The molecular formula is C13H13N3OS. The van der Waals surface area contributed by atoms with Gasteiger partial charge in [-0.3, -0.25) is 10.1 Å². The zero-order chi connectivity index (χ0) is 12.5. The normalized spacial score (nSPS) is 13.4. The first-order valence-electron chi connectivity index (χ1n) is 5.80. The minimum Gasteiger partial charge on any atom is -0.306 e. The van der Waals surface area contributed by atoms with Crippen LogP contribution >= 0.6 is 11.3 Å². The Morgan fingerprint density at radius 2 is 2.22 bits per heavy atom. The summed E-state index contributed by atoms with van der Waals surface area (Å²) < 4.78 is 0. The fourth-order valence-corrected chi connectivity index (χ4v) is 2.94. The molecule has 1 aliphatic rings. The molecule has 18 heavy (non-hydrogen) atoms. The first-order valence-corrected chi connectivity index (χ1v) is 6.62. The van der Waals surface area contributed by atoms with E-state index in [1.165, 1.54) is 4.88 Å². The van der Waals surface area contributed by atoms with Gasteiger partial charge in [0, 0.05) is 23.5 Å². The van der Waals surface area contributed by atoms with Crippen LogP contribution in [-0.4, -0.2) is 10.9 Å². The highest BCUT2D eigenvalue weighted by Crippen LogP contribution is 2.26. The van der Waals surface area contributed by atoms with Gasteiger partial charge in [0.25, 0.3) is 5.91 Å². The Labute approximate surface area is 109 Å². The van der Waals surface area contributed by atoms with Crippen LogP contribution in [0.5, 0.6) is 0 Å². The van der Waals surface area contributed by atoms with E-state index in [9.17, 15) is 4.79 Å². The second-order valence-electron chi connectivity index (χ2n) is 4.26. The Kier molecular flexibility index (Phi) is 2.85. The summed E-state index contributed by atoms with van der Waals surface area (Å²) in [6, 6.07) is 7.55. The average molecular weight is 259 g/mol. The first-order chi connectivity index (χ1) is 8.74. The van der Waals surface area contributed by atoms with Crippen molar-refractivity contribution in [2.75, 3.05) is 5.32 Å². The van der Waals surface area contributed by atoms with E-state index in [0.717, 1.165) is 24.3 Å². The number of hydrogen-bond donors (Lipinski definition) is 2. The first kappa shape index (κ1) is 11.4. The van der Waals surface area contributed by atoms with E-state index in [1.54, 1.807) is 11.3 Å². The van der Waals surface area contributed by atoms with Crippen molar-refractivity contribution in [3.8, 4) is 0 Å². The molecule has 0 aliphatic carbocycles. The Balaban J connectivity index is 1.80. The van der Waals surface area contributed by atoms with E-state index in [1.807, 2.05) is 31.2 Å². The van der Waals surface area contributed by atoms with Gasteiger partial charge in [-0.2, -0.15) is 0 Å². The van der Waals surface area contributed by atoms with E-state index in [2.05, 4.69) is 15.6 Å². The number of carbonyl (C=O) groups is 1. The Hall–Kier alpha value is -1.72. The van der Waals surface area contributed by atoms with Gasteiger partial charge < -0.3 is 5.32 Å². The van der Waals surface area contributed by atoms with Gasteiger partial charge in [0.1, 0.15) is 0 Å². The van der Waals surface area contributed by atoms with Gasteiger partial charge >= 0.3 is 0 Å². The third-order valence-corrected chi connectivity index (χ3v) is 3.98. The zero-order valence-corrected chi connectivity index (χ0v) is 10.8. The quantitative estimate of drug-likeness (QED) is 0.870. The molecule has 0 saturated heterocycles. The monoisotopic (exact) mass is 259 g/mol. The lowest BCUT2D eigenvalue weighted by atomic mass is 10.1. The molecule has 3 rings (SSSR count). The number of nitrogens with zero attached hydrogens (tertiary/aromatic N) is 1. The SMILES string of the molecule is Cc1ccccc1C(=O)Nc1nc2c(s1)CNC2. The van der Waals surface area contributed by atoms with Gasteiger partial charge in [0.05, 0.1) is 5.69 Å². The van der Waals surface area contributed by atoms with E-state index < -0.39 is 0 Å². The van der Waals surface area contributed by atoms with Crippen molar-refractivity contribution in [2.45, 2.75) is 20.0 Å². The van der Waals surface area contributed by atoms with Crippen molar-refractivity contribution >= 4 is 22.4 Å². The third kappa shape index (κ3) is 2.02. The molecule has 2 N–H and O–H groups in total. The maximum absolute atomic E-state index is 12.1. The zero-order valence-electron chi connectivity index (χ0n) is 9.99. The van der Waals surface area contributed by atoms with Crippen LogP contribution in [0.3, 0.4) is 0 Å². The van der Waals surface area contributed by atoms with Crippen LogP contribution in [0.1, 0.15) is 26.5 Å². The minimum absolute atomic E-state index is 0.0894. The fourth-order valence-electron chi connectivity index (χ4n) is 2.00. The molecule has 0 unspecified atom stereocenters. The standard InChI is InChI=1S/C13H13N3OS/c1-8-4-2-3-5-9(8)12(17)16-13-15-10-6-14-7-11(10)18-13/h2-5,14H,6-7H2,1H3,(H,15,16,17). The number of nitrogens with one attached hydrogen (secondary N) is 2. The Bertz CT molecular complexity index is 585. The number of amides is 1. The molecule has 2 heterocycles. The molecular weight excluding hydrogens is 246 g/mol. The highest BCUT2D eigenvalue weighted by Gasteiger charge is 2.18. The molecule has 1 aromatic heterocycles. The summed E-state index contributed by atoms with van der Waals surface area (Å²) in [6.07, 6.45) is 0. The maximum atomic E-state index is 12.1. The van der Waals surface area contributed by atoms with E-state index >= 15 is 0 Å². The molecule has 4 nitrogen and oxygen atoms in total. The van der Waals surface area contributed by atoms with Crippen LogP contribution in [0.15, 0.2) is 24.3 Å². The van der Waals surface area contributed by atoms with Gasteiger partial charge in [-0.1, -0.05) is 18.2 Å². The minimum atomic E-state index is -0.0894. The summed E-state index contributed by atoms with van der Waals surface area (Å²) in [5.41, 5.74) is 2.73. The number of carbonyl (C=O) groups excluding carboxylic acids is 1. The van der Waals surface area contributed by atoms with Gasteiger partial charge in [0.2, 0.25) is 0 Å². The van der Waals surface area contributed by atoms with Crippen LogP contribution < -0.4 is 10.6 Å². The Morgan fingerprint density at radius 1 is 1.39 bits per heavy atom. The highest BCUT2D eigenvalue weighted by atomic mass is 32.1. The second-order valence-corrected chi connectivity index (χ2v) is 5.35. The van der Waals surface area contributed by atoms with E-state index in [0.29, 0.717) is 10.7 Å². The van der Waals surface area contributed by atoms with Crippen LogP contribution in [0.4, 0.5) is 5.13 Å². The van der Waals surface area contributed by atoms with Crippen molar-refractivity contribution < 1.29 is 4.79 Å². The average Bonchev–Trinajstić information content (AvgIpc) is 2.90. The third-order valence-electron chi connectivity index (χ3n) is 2.97. The summed E-state index contributed by atoms with van der Waals surface area (Å²) in [6.45, 7) is 3.58. The van der Waals surface area contributed by atoms with Gasteiger partial charge in [-0.25, -0.2) is 4.98 Å². The van der Waals surface area contributed by atoms with Crippen LogP contribution in [-0.2, 0) is 13.1 Å². The van der Waals surface area contributed by atoms with Crippen molar-refractivity contribution in [1.82, 2.24) is 10.3 Å².